The standard InChI is InChI=1S/C12H17N3O3/c1-3-15(9(2)7-11(16)17)12(18)14-10-5-4-6-13-8-10/h4-6,8-9H,3,7H2,1-2H3,(H,14,18)(H,16,17). The molecule has 0 saturated carbocycles. The molecule has 0 aliphatic carbocycles. The van der Waals surface area contributed by atoms with Gasteiger partial charge in [-0.2, -0.15) is 0 Å². The topological polar surface area (TPSA) is 82.5 Å². The zero-order chi connectivity index (χ0) is 13.5. The van der Waals surface area contributed by atoms with Crippen LogP contribution in [0.25, 0.3) is 0 Å². The summed E-state index contributed by atoms with van der Waals surface area (Å²) in [5.41, 5.74) is 0.587. The van der Waals surface area contributed by atoms with E-state index in [1.165, 1.54) is 11.1 Å². The number of amides is 2. The Hall–Kier alpha value is -2.11. The second kappa shape index (κ2) is 6.58. The molecule has 0 aliphatic heterocycles. The van der Waals surface area contributed by atoms with Crippen molar-refractivity contribution in [1.82, 2.24) is 9.88 Å². The second-order valence-electron chi connectivity index (χ2n) is 3.90. The van der Waals surface area contributed by atoms with E-state index in [1.54, 1.807) is 32.2 Å². The quantitative estimate of drug-likeness (QED) is 0.835. The third-order valence-corrected chi connectivity index (χ3v) is 2.52. The third-order valence-electron chi connectivity index (χ3n) is 2.52. The van der Waals surface area contributed by atoms with Crippen molar-refractivity contribution in [2.24, 2.45) is 0 Å². The van der Waals surface area contributed by atoms with Gasteiger partial charge in [0, 0.05) is 18.8 Å². The highest BCUT2D eigenvalue weighted by atomic mass is 16.4. The summed E-state index contributed by atoms with van der Waals surface area (Å²) in [6, 6.07) is 2.76. The number of pyridine rings is 1. The van der Waals surface area contributed by atoms with E-state index < -0.39 is 5.97 Å². The van der Waals surface area contributed by atoms with Crippen LogP contribution in [-0.2, 0) is 4.79 Å². The summed E-state index contributed by atoms with van der Waals surface area (Å²) in [6.07, 6.45) is 3.07. The lowest BCUT2D eigenvalue weighted by atomic mass is 10.2. The number of aliphatic carboxylic acids is 1. The predicted molar refractivity (Wildman–Crippen MR) is 67.4 cm³/mol. The van der Waals surface area contributed by atoms with Gasteiger partial charge in [0.15, 0.2) is 0 Å². The second-order valence-corrected chi connectivity index (χ2v) is 3.90. The normalized spacial score (nSPS) is 11.7. The van der Waals surface area contributed by atoms with Gasteiger partial charge in [0.2, 0.25) is 0 Å². The fourth-order valence-corrected chi connectivity index (χ4v) is 1.65. The molecule has 1 heterocycles. The maximum absolute atomic E-state index is 12.0. The van der Waals surface area contributed by atoms with Crippen LogP contribution in [-0.4, -0.2) is 39.6 Å². The number of carboxylic acid groups (broad SMARTS) is 1. The van der Waals surface area contributed by atoms with Crippen LogP contribution in [0.3, 0.4) is 0 Å². The van der Waals surface area contributed by atoms with Gasteiger partial charge in [-0.25, -0.2) is 4.79 Å². The van der Waals surface area contributed by atoms with Crippen LogP contribution in [0.1, 0.15) is 20.3 Å². The molecular weight excluding hydrogens is 234 g/mol. The monoisotopic (exact) mass is 251 g/mol. The van der Waals surface area contributed by atoms with Crippen LogP contribution < -0.4 is 5.32 Å². The Kier molecular flexibility index (Phi) is 5.10. The number of hydrogen-bond acceptors (Lipinski definition) is 3. The fourth-order valence-electron chi connectivity index (χ4n) is 1.65. The molecule has 0 saturated heterocycles. The van der Waals surface area contributed by atoms with Crippen LogP contribution in [0.5, 0.6) is 0 Å². The molecular formula is C12H17N3O3. The first-order valence-corrected chi connectivity index (χ1v) is 5.74. The Bertz CT molecular complexity index is 408. The molecule has 0 spiro atoms. The van der Waals surface area contributed by atoms with Crippen LogP contribution in [0.15, 0.2) is 24.5 Å². The van der Waals surface area contributed by atoms with E-state index >= 15 is 0 Å². The van der Waals surface area contributed by atoms with Gasteiger partial charge in [-0.3, -0.25) is 9.78 Å². The average molecular weight is 251 g/mol. The van der Waals surface area contributed by atoms with Gasteiger partial charge in [-0.1, -0.05) is 0 Å². The molecule has 0 fully saturated rings. The predicted octanol–water partition coefficient (Wildman–Crippen LogP) is 1.80. The van der Waals surface area contributed by atoms with Crippen molar-refractivity contribution in [3.8, 4) is 0 Å². The third kappa shape index (κ3) is 4.04. The van der Waals surface area contributed by atoms with Crippen molar-refractivity contribution in [3.63, 3.8) is 0 Å². The van der Waals surface area contributed by atoms with Gasteiger partial charge >= 0.3 is 12.0 Å². The van der Waals surface area contributed by atoms with E-state index in [1.807, 2.05) is 0 Å². The number of anilines is 1. The molecule has 0 radical (unpaired) electrons. The van der Waals surface area contributed by atoms with Crippen molar-refractivity contribution < 1.29 is 14.7 Å². The minimum Gasteiger partial charge on any atom is -0.481 e. The summed E-state index contributed by atoms with van der Waals surface area (Å²) in [4.78, 5) is 28.0. The van der Waals surface area contributed by atoms with Crippen molar-refractivity contribution >= 4 is 17.7 Å². The maximum atomic E-state index is 12.0. The lowest BCUT2D eigenvalue weighted by molar-refractivity contribution is -0.137. The summed E-state index contributed by atoms with van der Waals surface area (Å²) in [7, 11) is 0. The Morgan fingerprint density at radius 3 is 2.78 bits per heavy atom. The summed E-state index contributed by atoms with van der Waals surface area (Å²) >= 11 is 0. The largest absolute Gasteiger partial charge is 0.481 e. The van der Waals surface area contributed by atoms with Crippen LogP contribution in [0.2, 0.25) is 0 Å². The first-order valence-electron chi connectivity index (χ1n) is 5.74. The summed E-state index contributed by atoms with van der Waals surface area (Å²) in [5, 5.41) is 11.4. The Labute approximate surface area is 106 Å². The highest BCUT2D eigenvalue weighted by Crippen LogP contribution is 2.09. The molecule has 1 rings (SSSR count). The Balaban J connectivity index is 2.65. The molecule has 2 amide bonds. The van der Waals surface area contributed by atoms with Crippen LogP contribution in [0, 0.1) is 0 Å². The molecule has 1 aromatic rings. The molecule has 2 N–H and O–H groups in total. The number of hydrogen-bond donors (Lipinski definition) is 2. The van der Waals surface area contributed by atoms with Gasteiger partial charge in [-0.05, 0) is 26.0 Å². The van der Waals surface area contributed by atoms with E-state index in [4.69, 9.17) is 5.11 Å². The molecule has 1 atom stereocenters. The number of carboxylic acids is 1. The van der Waals surface area contributed by atoms with E-state index in [0.29, 0.717) is 12.2 Å². The molecule has 6 nitrogen and oxygen atoms in total. The molecule has 1 unspecified atom stereocenters. The first kappa shape index (κ1) is 14.0. The van der Waals surface area contributed by atoms with Gasteiger partial charge < -0.3 is 15.3 Å². The highest BCUT2D eigenvalue weighted by molar-refractivity contribution is 5.89. The smallest absolute Gasteiger partial charge is 0.322 e. The summed E-state index contributed by atoms with van der Waals surface area (Å²) in [5.74, 6) is -0.921. The molecule has 1 aromatic heterocycles. The van der Waals surface area contributed by atoms with Gasteiger partial charge in [0.1, 0.15) is 0 Å². The minimum absolute atomic E-state index is 0.0751. The fraction of sp³-hybridized carbons (Fsp3) is 0.417. The van der Waals surface area contributed by atoms with Crippen LogP contribution >= 0.6 is 0 Å². The molecule has 6 heteroatoms. The zero-order valence-corrected chi connectivity index (χ0v) is 10.5. The summed E-state index contributed by atoms with van der Waals surface area (Å²) < 4.78 is 0. The number of nitrogens with one attached hydrogen (secondary N) is 1. The summed E-state index contributed by atoms with van der Waals surface area (Å²) in [6.45, 7) is 3.96. The maximum Gasteiger partial charge on any atom is 0.322 e. The molecule has 98 valence electrons. The van der Waals surface area contributed by atoms with E-state index in [0.717, 1.165) is 0 Å². The molecule has 0 aromatic carbocycles. The molecule has 0 aliphatic rings. The molecule has 18 heavy (non-hydrogen) atoms. The number of urea groups is 1. The van der Waals surface area contributed by atoms with Gasteiger partial charge in [-0.15, -0.1) is 0 Å². The van der Waals surface area contributed by atoms with E-state index in [2.05, 4.69) is 10.3 Å². The zero-order valence-electron chi connectivity index (χ0n) is 10.5. The van der Waals surface area contributed by atoms with Gasteiger partial charge in [0.25, 0.3) is 0 Å². The number of carbonyl (C=O) groups is 2. The van der Waals surface area contributed by atoms with E-state index in [-0.39, 0.29) is 18.5 Å². The minimum atomic E-state index is -0.921. The van der Waals surface area contributed by atoms with Crippen molar-refractivity contribution in [3.05, 3.63) is 24.5 Å². The average Bonchev–Trinajstić information content (AvgIpc) is 2.30. The Morgan fingerprint density at radius 2 is 2.28 bits per heavy atom. The van der Waals surface area contributed by atoms with Crippen molar-refractivity contribution in [2.45, 2.75) is 26.3 Å². The highest BCUT2D eigenvalue weighted by Gasteiger charge is 2.20. The number of carbonyl (C=O) groups excluding carboxylic acids is 1. The Morgan fingerprint density at radius 1 is 1.56 bits per heavy atom. The number of rotatable bonds is 5. The first-order chi connectivity index (χ1) is 8.54. The lowest BCUT2D eigenvalue weighted by Crippen LogP contribution is -2.42. The lowest BCUT2D eigenvalue weighted by Gasteiger charge is -2.27. The van der Waals surface area contributed by atoms with Crippen LogP contribution in [0.4, 0.5) is 10.5 Å². The van der Waals surface area contributed by atoms with Gasteiger partial charge in [0.05, 0.1) is 18.3 Å². The van der Waals surface area contributed by atoms with Crippen molar-refractivity contribution in [2.75, 3.05) is 11.9 Å². The molecule has 0 bridgehead atoms. The van der Waals surface area contributed by atoms with E-state index in [9.17, 15) is 9.59 Å². The SMILES string of the molecule is CCN(C(=O)Nc1cccnc1)C(C)CC(=O)O. The number of nitrogens with zero attached hydrogens (tertiary/aromatic N) is 2. The number of aromatic nitrogens is 1. The van der Waals surface area contributed by atoms with Crippen molar-refractivity contribution in [1.29, 1.82) is 0 Å².